The van der Waals surface area contributed by atoms with E-state index in [0.29, 0.717) is 5.56 Å². The fourth-order valence-corrected chi connectivity index (χ4v) is 3.34. The van der Waals surface area contributed by atoms with E-state index >= 15 is 0 Å². The first-order chi connectivity index (χ1) is 12.5. The van der Waals surface area contributed by atoms with Crippen LogP contribution >= 0.6 is 27.7 Å². The summed E-state index contributed by atoms with van der Waals surface area (Å²) in [5, 5.41) is 20.5. The maximum Gasteiger partial charge on any atom is 0.269 e. The Balaban J connectivity index is 1.69. The van der Waals surface area contributed by atoms with E-state index in [1.165, 1.54) is 23.9 Å². The van der Waals surface area contributed by atoms with Crippen LogP contribution in [0.1, 0.15) is 5.56 Å². The molecule has 0 fully saturated rings. The normalized spacial score (nSPS) is 11.0. The van der Waals surface area contributed by atoms with Gasteiger partial charge in [0.1, 0.15) is 5.75 Å². The van der Waals surface area contributed by atoms with E-state index in [1.54, 1.807) is 36.5 Å². The number of phenolic OH excluding ortho intramolecular Hbond substituents is 1. The zero-order valence-electron chi connectivity index (χ0n) is 13.4. The van der Waals surface area contributed by atoms with Gasteiger partial charge in [0.25, 0.3) is 5.69 Å². The summed E-state index contributed by atoms with van der Waals surface area (Å²) in [5.74, 6) is 0.169. The predicted octanol–water partition coefficient (Wildman–Crippen LogP) is 5.96. The number of nitrogens with zero attached hydrogens (tertiary/aromatic N) is 2. The molecule has 0 aliphatic heterocycles. The zero-order valence-corrected chi connectivity index (χ0v) is 15.8. The predicted molar refractivity (Wildman–Crippen MR) is 107 cm³/mol. The van der Waals surface area contributed by atoms with Gasteiger partial charge < -0.3 is 5.11 Å². The fraction of sp³-hybridized carbons (Fsp3) is 0. The molecule has 0 amide bonds. The van der Waals surface area contributed by atoms with Crippen molar-refractivity contribution in [3.8, 4) is 5.75 Å². The zero-order chi connectivity index (χ0) is 18.5. The van der Waals surface area contributed by atoms with E-state index < -0.39 is 4.92 Å². The Morgan fingerprint density at radius 3 is 2.23 bits per heavy atom. The van der Waals surface area contributed by atoms with E-state index in [-0.39, 0.29) is 11.4 Å². The highest BCUT2D eigenvalue weighted by atomic mass is 79.9. The summed E-state index contributed by atoms with van der Waals surface area (Å²) in [6, 6.07) is 19.2. The Labute approximate surface area is 162 Å². The molecular formula is C19H13BrN2O3S. The average molecular weight is 429 g/mol. The van der Waals surface area contributed by atoms with E-state index in [2.05, 4.69) is 20.9 Å². The van der Waals surface area contributed by atoms with Gasteiger partial charge in [0.2, 0.25) is 0 Å². The topological polar surface area (TPSA) is 75.7 Å². The highest BCUT2D eigenvalue weighted by Crippen LogP contribution is 2.30. The number of hydrogen-bond donors (Lipinski definition) is 1. The summed E-state index contributed by atoms with van der Waals surface area (Å²) in [6.45, 7) is 0. The van der Waals surface area contributed by atoms with E-state index in [9.17, 15) is 15.2 Å². The van der Waals surface area contributed by atoms with Gasteiger partial charge in [-0.15, -0.1) is 0 Å². The number of non-ortho nitro benzene ring substituents is 1. The van der Waals surface area contributed by atoms with E-state index in [1.807, 2.05) is 24.3 Å². The minimum Gasteiger partial charge on any atom is -0.507 e. The maximum atomic E-state index is 10.7. The molecule has 130 valence electrons. The van der Waals surface area contributed by atoms with Crippen molar-refractivity contribution in [1.29, 1.82) is 0 Å². The average Bonchev–Trinajstić information content (AvgIpc) is 2.64. The van der Waals surface area contributed by atoms with Crippen molar-refractivity contribution in [2.75, 3.05) is 0 Å². The number of aromatic hydroxyl groups is 1. The van der Waals surface area contributed by atoms with Gasteiger partial charge in [0.05, 0.1) is 10.6 Å². The molecule has 0 bridgehead atoms. The third-order valence-electron chi connectivity index (χ3n) is 3.46. The van der Waals surface area contributed by atoms with Crippen LogP contribution in [-0.4, -0.2) is 16.2 Å². The Morgan fingerprint density at radius 2 is 1.62 bits per heavy atom. The number of nitro benzene ring substituents is 1. The van der Waals surface area contributed by atoms with Crippen LogP contribution < -0.4 is 0 Å². The largest absolute Gasteiger partial charge is 0.507 e. The molecule has 0 aromatic heterocycles. The highest BCUT2D eigenvalue weighted by molar-refractivity contribution is 9.10. The van der Waals surface area contributed by atoms with Crippen LogP contribution in [-0.2, 0) is 0 Å². The van der Waals surface area contributed by atoms with Gasteiger partial charge >= 0.3 is 0 Å². The number of hydrogen-bond acceptors (Lipinski definition) is 5. The Kier molecular flexibility index (Phi) is 5.70. The van der Waals surface area contributed by atoms with Gasteiger partial charge in [-0.05, 0) is 54.6 Å². The summed E-state index contributed by atoms with van der Waals surface area (Å²) in [4.78, 5) is 16.6. The number of benzene rings is 3. The van der Waals surface area contributed by atoms with Gasteiger partial charge in [0, 0.05) is 38.2 Å². The lowest BCUT2D eigenvalue weighted by molar-refractivity contribution is -0.384. The molecule has 0 saturated heterocycles. The lowest BCUT2D eigenvalue weighted by Gasteiger charge is -2.02. The molecule has 5 nitrogen and oxygen atoms in total. The summed E-state index contributed by atoms with van der Waals surface area (Å²) in [6.07, 6.45) is 1.61. The molecule has 26 heavy (non-hydrogen) atoms. The van der Waals surface area contributed by atoms with Crippen molar-refractivity contribution in [2.45, 2.75) is 9.79 Å². The first kappa shape index (κ1) is 18.2. The number of nitro groups is 1. The van der Waals surface area contributed by atoms with Crippen LogP contribution in [0.2, 0.25) is 0 Å². The quantitative estimate of drug-likeness (QED) is 0.308. The van der Waals surface area contributed by atoms with Crippen LogP contribution in [0.4, 0.5) is 11.4 Å². The Morgan fingerprint density at radius 1 is 1.00 bits per heavy atom. The molecular weight excluding hydrogens is 416 g/mol. The summed E-state index contributed by atoms with van der Waals surface area (Å²) in [5.41, 5.74) is 1.47. The molecule has 0 aliphatic carbocycles. The van der Waals surface area contributed by atoms with Gasteiger partial charge in [-0.2, -0.15) is 0 Å². The second kappa shape index (κ2) is 8.16. The van der Waals surface area contributed by atoms with Crippen molar-refractivity contribution in [3.63, 3.8) is 0 Å². The SMILES string of the molecule is O=[N+]([O-])c1ccc(Sc2ccc(N=Cc3cc(Br)ccc3O)cc2)cc1. The van der Waals surface area contributed by atoms with Crippen LogP contribution in [0.3, 0.4) is 0 Å². The molecule has 0 radical (unpaired) electrons. The summed E-state index contributed by atoms with van der Waals surface area (Å²) < 4.78 is 0.867. The second-order valence-electron chi connectivity index (χ2n) is 5.31. The Hall–Kier alpha value is -2.64. The second-order valence-corrected chi connectivity index (χ2v) is 7.37. The number of phenols is 1. The van der Waals surface area contributed by atoms with Crippen LogP contribution in [0.25, 0.3) is 0 Å². The minimum atomic E-state index is -0.412. The maximum absolute atomic E-state index is 10.7. The molecule has 1 N–H and O–H groups in total. The smallest absolute Gasteiger partial charge is 0.269 e. The van der Waals surface area contributed by atoms with Crippen molar-refractivity contribution < 1.29 is 10.0 Å². The van der Waals surface area contributed by atoms with Gasteiger partial charge in [-0.25, -0.2) is 0 Å². The molecule has 0 aliphatic rings. The summed E-state index contributed by atoms with van der Waals surface area (Å²) in [7, 11) is 0. The molecule has 3 rings (SSSR count). The molecule has 0 spiro atoms. The standard InChI is InChI=1S/C19H13BrN2O3S/c20-14-1-10-19(23)13(11-14)12-21-15-2-6-17(7-3-15)26-18-8-4-16(5-9-18)22(24)25/h1-12,23H. The van der Waals surface area contributed by atoms with Gasteiger partial charge in [0.15, 0.2) is 0 Å². The number of halogens is 1. The fourth-order valence-electron chi connectivity index (χ4n) is 2.15. The monoisotopic (exact) mass is 428 g/mol. The van der Waals surface area contributed by atoms with Crippen molar-refractivity contribution in [2.24, 2.45) is 4.99 Å². The third kappa shape index (κ3) is 4.71. The first-order valence-electron chi connectivity index (χ1n) is 7.56. The molecule has 0 unspecified atom stereocenters. The van der Waals surface area contributed by atoms with Crippen LogP contribution in [0.5, 0.6) is 5.75 Å². The first-order valence-corrected chi connectivity index (χ1v) is 9.17. The molecule has 0 saturated carbocycles. The van der Waals surface area contributed by atoms with Crippen molar-refractivity contribution in [3.05, 3.63) is 86.9 Å². The molecule has 0 heterocycles. The third-order valence-corrected chi connectivity index (χ3v) is 4.97. The van der Waals surface area contributed by atoms with Crippen molar-refractivity contribution in [1.82, 2.24) is 0 Å². The highest BCUT2D eigenvalue weighted by Gasteiger charge is 2.05. The molecule has 3 aromatic rings. The Bertz CT molecular complexity index is 958. The number of rotatable bonds is 5. The number of aliphatic imine (C=N–C) groups is 1. The molecule has 7 heteroatoms. The lowest BCUT2D eigenvalue weighted by atomic mass is 10.2. The van der Waals surface area contributed by atoms with E-state index in [0.717, 1.165) is 20.0 Å². The molecule has 0 atom stereocenters. The van der Waals surface area contributed by atoms with E-state index in [4.69, 9.17) is 0 Å². The van der Waals surface area contributed by atoms with Crippen molar-refractivity contribution >= 4 is 45.3 Å². The van der Waals surface area contributed by atoms with Crippen LogP contribution in [0.15, 0.2) is 86.0 Å². The minimum absolute atomic E-state index is 0.0786. The molecule has 3 aromatic carbocycles. The van der Waals surface area contributed by atoms with Gasteiger partial charge in [-0.3, -0.25) is 15.1 Å². The summed E-state index contributed by atoms with van der Waals surface area (Å²) >= 11 is 4.88. The van der Waals surface area contributed by atoms with Gasteiger partial charge in [-0.1, -0.05) is 27.7 Å². The van der Waals surface area contributed by atoms with Crippen LogP contribution in [0, 0.1) is 10.1 Å². The lowest BCUT2D eigenvalue weighted by Crippen LogP contribution is -1.86.